The molecule has 0 aromatic heterocycles. The van der Waals surface area contributed by atoms with E-state index in [2.05, 4.69) is 0 Å². The highest BCUT2D eigenvalue weighted by atomic mass is 16.7. The molecule has 0 spiro atoms. The number of nitrogens with zero attached hydrogens (tertiary/aromatic N) is 1. The van der Waals surface area contributed by atoms with Gasteiger partial charge in [0, 0.05) is 13.8 Å². The van der Waals surface area contributed by atoms with Crippen LogP contribution >= 0.6 is 0 Å². The number of anilines is 1. The third-order valence-corrected chi connectivity index (χ3v) is 5.41. The number of esters is 2. The number of ether oxygens (including phenoxy) is 3. The first-order valence-electron chi connectivity index (χ1n) is 8.87. The van der Waals surface area contributed by atoms with Gasteiger partial charge in [0.2, 0.25) is 11.8 Å². The van der Waals surface area contributed by atoms with Gasteiger partial charge in [-0.25, -0.2) is 4.90 Å². The van der Waals surface area contributed by atoms with E-state index in [1.807, 2.05) is 0 Å². The molecule has 0 aliphatic carbocycles. The Hall–Kier alpha value is -3.00. The molecule has 28 heavy (non-hydrogen) atoms. The van der Waals surface area contributed by atoms with Crippen molar-refractivity contribution in [2.75, 3.05) is 4.90 Å². The van der Waals surface area contributed by atoms with Crippen LogP contribution in [0.2, 0.25) is 0 Å². The number of fused-ring (bicyclic) bond motifs is 5. The second-order valence-corrected chi connectivity index (χ2v) is 7.33. The van der Waals surface area contributed by atoms with Crippen LogP contribution < -0.4 is 4.90 Å². The maximum Gasteiger partial charge on any atom is 0.305 e. The topological polar surface area (TPSA) is 99.2 Å². The molecule has 8 heteroatoms. The Morgan fingerprint density at radius 1 is 1.00 bits per heavy atom. The second kappa shape index (κ2) is 6.00. The molecule has 0 saturated carbocycles. The van der Waals surface area contributed by atoms with Crippen LogP contribution in [0.15, 0.2) is 42.5 Å². The number of hydrogen-bond donors (Lipinski definition) is 0. The van der Waals surface area contributed by atoms with Gasteiger partial charge in [0.15, 0.2) is 5.60 Å². The average Bonchev–Trinajstić information content (AvgIpc) is 3.20. The van der Waals surface area contributed by atoms with Gasteiger partial charge in [-0.15, -0.1) is 0 Å². The van der Waals surface area contributed by atoms with Gasteiger partial charge in [-0.05, 0) is 25.1 Å². The van der Waals surface area contributed by atoms with Gasteiger partial charge in [-0.1, -0.05) is 24.3 Å². The molecule has 2 saturated heterocycles. The minimum atomic E-state index is -1.56. The zero-order valence-electron chi connectivity index (χ0n) is 15.6. The molecule has 2 amide bonds. The molecule has 0 radical (unpaired) electrons. The van der Waals surface area contributed by atoms with E-state index in [1.165, 1.54) is 0 Å². The van der Waals surface area contributed by atoms with Gasteiger partial charge in [0.05, 0.1) is 23.1 Å². The Morgan fingerprint density at radius 2 is 1.57 bits per heavy atom. The SMILES string of the molecule is CC(=O)OC(OC(C)=O)[C@@]12C=C[C@@](C)(O1)[C@H]1C(=O)N(c3ccccc3)C(=O)[C@H]12. The summed E-state index contributed by atoms with van der Waals surface area (Å²) in [6, 6.07) is 8.57. The Labute approximate surface area is 161 Å². The summed E-state index contributed by atoms with van der Waals surface area (Å²) in [5.74, 6) is -4.10. The van der Waals surface area contributed by atoms with Crippen molar-refractivity contribution in [1.82, 2.24) is 0 Å². The minimum absolute atomic E-state index is 0.403. The van der Waals surface area contributed by atoms with Crippen LogP contribution in [0.5, 0.6) is 0 Å². The molecule has 1 aromatic carbocycles. The van der Waals surface area contributed by atoms with Crippen molar-refractivity contribution in [3.63, 3.8) is 0 Å². The van der Waals surface area contributed by atoms with Crippen molar-refractivity contribution < 1.29 is 33.4 Å². The van der Waals surface area contributed by atoms with E-state index in [1.54, 1.807) is 49.4 Å². The van der Waals surface area contributed by atoms with Crippen LogP contribution in [0.4, 0.5) is 5.69 Å². The van der Waals surface area contributed by atoms with E-state index in [9.17, 15) is 19.2 Å². The quantitative estimate of drug-likeness (QED) is 0.334. The van der Waals surface area contributed by atoms with E-state index in [-0.39, 0.29) is 0 Å². The predicted octanol–water partition coefficient (Wildman–Crippen LogP) is 1.34. The number of para-hydroxylation sites is 1. The number of rotatable bonds is 4. The van der Waals surface area contributed by atoms with Gasteiger partial charge in [-0.2, -0.15) is 0 Å². The zero-order valence-corrected chi connectivity index (χ0v) is 15.6. The van der Waals surface area contributed by atoms with Crippen molar-refractivity contribution in [1.29, 1.82) is 0 Å². The third-order valence-electron chi connectivity index (χ3n) is 5.41. The third kappa shape index (κ3) is 2.41. The normalized spacial score (nSPS) is 32.8. The highest BCUT2D eigenvalue weighted by Gasteiger charge is 2.75. The van der Waals surface area contributed by atoms with Crippen molar-refractivity contribution >= 4 is 29.4 Å². The molecule has 4 atom stereocenters. The molecular weight excluding hydrogens is 366 g/mol. The number of amides is 2. The fourth-order valence-electron chi connectivity index (χ4n) is 4.40. The average molecular weight is 385 g/mol. The summed E-state index contributed by atoms with van der Waals surface area (Å²) < 4.78 is 16.5. The van der Waals surface area contributed by atoms with Crippen molar-refractivity contribution in [2.24, 2.45) is 11.8 Å². The van der Waals surface area contributed by atoms with Crippen LogP contribution in [0, 0.1) is 11.8 Å². The molecule has 0 unspecified atom stereocenters. The Morgan fingerprint density at radius 3 is 2.14 bits per heavy atom. The number of carbonyl (C=O) groups is 4. The highest BCUT2D eigenvalue weighted by molar-refractivity contribution is 6.23. The monoisotopic (exact) mass is 385 g/mol. The van der Waals surface area contributed by atoms with Crippen molar-refractivity contribution in [2.45, 2.75) is 38.3 Å². The lowest BCUT2D eigenvalue weighted by Crippen LogP contribution is -2.52. The maximum absolute atomic E-state index is 13.3. The molecule has 3 heterocycles. The standard InChI is InChI=1S/C20H19NO7/c1-11(22)26-18(27-12(2)23)20-10-9-19(3,28-20)14-15(20)17(25)21(16(14)24)13-7-5-4-6-8-13/h4-10,14-15,18H,1-3H3/t14-,15+,19-,20+/m1/s1. The summed E-state index contributed by atoms with van der Waals surface area (Å²) in [6.07, 6.45) is 1.74. The molecule has 8 nitrogen and oxygen atoms in total. The molecule has 4 rings (SSSR count). The summed E-state index contributed by atoms with van der Waals surface area (Å²) in [5, 5.41) is 0. The molecule has 2 bridgehead atoms. The number of carbonyl (C=O) groups excluding carboxylic acids is 4. The van der Waals surface area contributed by atoms with Crippen LogP contribution in [0.1, 0.15) is 20.8 Å². The van der Waals surface area contributed by atoms with Crippen LogP contribution in [0.3, 0.4) is 0 Å². The van der Waals surface area contributed by atoms with E-state index in [0.717, 1.165) is 18.7 Å². The van der Waals surface area contributed by atoms with Gasteiger partial charge < -0.3 is 14.2 Å². The lowest BCUT2D eigenvalue weighted by Gasteiger charge is -2.34. The van der Waals surface area contributed by atoms with Gasteiger partial charge in [0.25, 0.3) is 6.29 Å². The Bertz CT molecular complexity index is 894. The van der Waals surface area contributed by atoms with E-state index >= 15 is 0 Å². The lowest BCUT2D eigenvalue weighted by molar-refractivity contribution is -0.231. The fourth-order valence-corrected chi connectivity index (χ4v) is 4.40. The molecule has 2 fully saturated rings. The Kier molecular flexibility index (Phi) is 3.94. The summed E-state index contributed by atoms with van der Waals surface area (Å²) >= 11 is 0. The second-order valence-electron chi connectivity index (χ2n) is 7.33. The van der Waals surface area contributed by atoms with E-state index < -0.39 is 53.1 Å². The molecular formula is C20H19NO7. The summed E-state index contributed by atoms with van der Waals surface area (Å²) in [6.45, 7) is 4.01. The summed E-state index contributed by atoms with van der Waals surface area (Å²) in [4.78, 5) is 50.8. The highest BCUT2D eigenvalue weighted by Crippen LogP contribution is 2.59. The summed E-state index contributed by atoms with van der Waals surface area (Å²) in [7, 11) is 0. The predicted molar refractivity (Wildman–Crippen MR) is 94.6 cm³/mol. The fraction of sp³-hybridized carbons (Fsp3) is 0.400. The Balaban J connectivity index is 1.80. The molecule has 0 N–H and O–H groups in total. The van der Waals surface area contributed by atoms with Crippen molar-refractivity contribution in [3.05, 3.63) is 42.5 Å². The van der Waals surface area contributed by atoms with Crippen LogP contribution in [0.25, 0.3) is 0 Å². The molecule has 146 valence electrons. The van der Waals surface area contributed by atoms with E-state index in [4.69, 9.17) is 14.2 Å². The summed E-state index contributed by atoms with van der Waals surface area (Å²) in [5.41, 5.74) is -2.20. The minimum Gasteiger partial charge on any atom is -0.422 e. The van der Waals surface area contributed by atoms with E-state index in [0.29, 0.717) is 5.69 Å². The zero-order chi connectivity index (χ0) is 20.3. The van der Waals surface area contributed by atoms with Gasteiger partial charge in [0.1, 0.15) is 0 Å². The molecule has 3 aliphatic rings. The molecule has 3 aliphatic heterocycles. The lowest BCUT2D eigenvalue weighted by atomic mass is 9.72. The number of hydrogen-bond acceptors (Lipinski definition) is 7. The smallest absolute Gasteiger partial charge is 0.305 e. The molecule has 1 aromatic rings. The first-order valence-corrected chi connectivity index (χ1v) is 8.87. The maximum atomic E-state index is 13.3. The van der Waals surface area contributed by atoms with Gasteiger partial charge >= 0.3 is 11.9 Å². The first-order chi connectivity index (χ1) is 13.2. The van der Waals surface area contributed by atoms with Gasteiger partial charge in [-0.3, -0.25) is 19.2 Å². The first kappa shape index (κ1) is 18.4. The van der Waals surface area contributed by atoms with Crippen molar-refractivity contribution in [3.8, 4) is 0 Å². The number of benzene rings is 1. The number of imide groups is 1. The van der Waals surface area contributed by atoms with Crippen LogP contribution in [-0.2, 0) is 33.4 Å². The van der Waals surface area contributed by atoms with Crippen LogP contribution in [-0.4, -0.2) is 41.2 Å². The largest absolute Gasteiger partial charge is 0.422 e.